The highest BCUT2D eigenvalue weighted by Gasteiger charge is 2.15. The van der Waals surface area contributed by atoms with E-state index >= 15 is 0 Å². The summed E-state index contributed by atoms with van der Waals surface area (Å²) in [5, 5.41) is 0. The second-order valence-electron chi connectivity index (χ2n) is 2.47. The third kappa shape index (κ3) is 4.46. The van der Waals surface area contributed by atoms with E-state index in [0.717, 1.165) is 4.05 Å². The number of likely N-dealkylation sites (tertiary alicyclic amines) is 1. The Labute approximate surface area is 77.1 Å². The van der Waals surface area contributed by atoms with Crippen LogP contribution in [0, 0.1) is 0 Å². The molecule has 0 saturated carbocycles. The molecule has 3 heteroatoms. The van der Waals surface area contributed by atoms with Crippen LogP contribution in [0.1, 0.15) is 12.8 Å². The summed E-state index contributed by atoms with van der Waals surface area (Å²) in [6, 6.07) is 0. The third-order valence-electron chi connectivity index (χ3n) is 1.43. The smallest absolute Gasteiger partial charge is 0.0616 e. The van der Waals surface area contributed by atoms with E-state index in [2.05, 4.69) is 39.3 Å². The van der Waals surface area contributed by atoms with Gasteiger partial charge in [0.15, 0.2) is 0 Å². The highest BCUT2D eigenvalue weighted by Crippen LogP contribution is 2.19. The SMILES string of the molecule is CN1CCCC1I.COC. The van der Waals surface area contributed by atoms with Crippen LogP contribution in [0.3, 0.4) is 0 Å². The van der Waals surface area contributed by atoms with Gasteiger partial charge >= 0.3 is 0 Å². The molecule has 0 N–H and O–H groups in total. The van der Waals surface area contributed by atoms with Crippen molar-refractivity contribution in [3.63, 3.8) is 0 Å². The molecular formula is C7H16INO. The van der Waals surface area contributed by atoms with E-state index in [4.69, 9.17) is 0 Å². The fraction of sp³-hybridized carbons (Fsp3) is 1.00. The van der Waals surface area contributed by atoms with Gasteiger partial charge in [-0.3, -0.25) is 4.90 Å². The Balaban J connectivity index is 0.000000236. The van der Waals surface area contributed by atoms with Crippen LogP contribution in [0.5, 0.6) is 0 Å². The van der Waals surface area contributed by atoms with Gasteiger partial charge in [-0.05, 0) is 26.4 Å². The summed E-state index contributed by atoms with van der Waals surface area (Å²) in [7, 11) is 5.43. The molecule has 1 heterocycles. The Hall–Kier alpha value is 0.650. The van der Waals surface area contributed by atoms with Gasteiger partial charge in [0, 0.05) is 14.2 Å². The van der Waals surface area contributed by atoms with Crippen molar-refractivity contribution in [2.45, 2.75) is 16.9 Å². The summed E-state index contributed by atoms with van der Waals surface area (Å²) in [6.45, 7) is 1.30. The average molecular weight is 257 g/mol. The van der Waals surface area contributed by atoms with Gasteiger partial charge in [-0.2, -0.15) is 0 Å². The van der Waals surface area contributed by atoms with Gasteiger partial charge in [-0.15, -0.1) is 0 Å². The summed E-state index contributed by atoms with van der Waals surface area (Å²) in [5.41, 5.74) is 0. The number of hydrogen-bond donors (Lipinski definition) is 0. The van der Waals surface area contributed by atoms with Gasteiger partial charge in [-0.25, -0.2) is 0 Å². The topological polar surface area (TPSA) is 12.5 Å². The fourth-order valence-corrected chi connectivity index (χ4v) is 1.59. The van der Waals surface area contributed by atoms with Crippen LogP contribution >= 0.6 is 22.6 Å². The normalized spacial score (nSPS) is 25.8. The van der Waals surface area contributed by atoms with Crippen molar-refractivity contribution >= 4 is 22.6 Å². The van der Waals surface area contributed by atoms with Crippen molar-refractivity contribution in [2.24, 2.45) is 0 Å². The number of halogens is 1. The lowest BCUT2D eigenvalue weighted by molar-refractivity contribution is 0.277. The molecule has 10 heavy (non-hydrogen) atoms. The molecule has 2 nitrogen and oxygen atoms in total. The molecule has 1 aliphatic rings. The maximum atomic E-state index is 4.25. The molecule has 0 aromatic carbocycles. The van der Waals surface area contributed by atoms with Crippen molar-refractivity contribution in [2.75, 3.05) is 27.8 Å². The zero-order valence-electron chi connectivity index (χ0n) is 6.93. The van der Waals surface area contributed by atoms with E-state index in [0.29, 0.717) is 0 Å². The van der Waals surface area contributed by atoms with Crippen LogP contribution in [0.2, 0.25) is 0 Å². The molecule has 0 spiro atoms. The molecule has 1 saturated heterocycles. The maximum Gasteiger partial charge on any atom is 0.0616 e. The van der Waals surface area contributed by atoms with E-state index < -0.39 is 0 Å². The number of methoxy groups -OCH3 is 1. The molecule has 1 atom stereocenters. The van der Waals surface area contributed by atoms with Crippen LogP contribution in [-0.4, -0.2) is 36.8 Å². The first-order valence-electron chi connectivity index (χ1n) is 3.46. The number of alkyl halides is 1. The number of ether oxygens (including phenoxy) is 1. The second kappa shape index (κ2) is 6.37. The summed E-state index contributed by atoms with van der Waals surface area (Å²) in [6.07, 6.45) is 2.78. The summed E-state index contributed by atoms with van der Waals surface area (Å²) in [4.78, 5) is 2.39. The second-order valence-corrected chi connectivity index (χ2v) is 3.90. The van der Waals surface area contributed by atoms with Gasteiger partial charge in [0.25, 0.3) is 0 Å². The number of hydrogen-bond acceptors (Lipinski definition) is 2. The van der Waals surface area contributed by atoms with E-state index in [1.165, 1.54) is 19.4 Å². The Morgan fingerprint density at radius 1 is 1.50 bits per heavy atom. The lowest BCUT2D eigenvalue weighted by Crippen LogP contribution is -2.17. The Morgan fingerprint density at radius 3 is 2.10 bits per heavy atom. The van der Waals surface area contributed by atoms with E-state index in [-0.39, 0.29) is 0 Å². The summed E-state index contributed by atoms with van der Waals surface area (Å²) < 4.78 is 5.07. The molecule has 1 rings (SSSR count). The third-order valence-corrected chi connectivity index (χ3v) is 3.01. The Bertz CT molecular complexity index is 72.0. The van der Waals surface area contributed by atoms with Crippen molar-refractivity contribution < 1.29 is 4.74 Å². The fourth-order valence-electron chi connectivity index (χ4n) is 0.870. The van der Waals surface area contributed by atoms with Gasteiger partial charge in [0.2, 0.25) is 0 Å². The molecule has 0 aromatic rings. The molecule has 1 fully saturated rings. The molecule has 0 amide bonds. The monoisotopic (exact) mass is 257 g/mol. The summed E-state index contributed by atoms with van der Waals surface area (Å²) in [5.74, 6) is 0. The molecule has 1 unspecified atom stereocenters. The van der Waals surface area contributed by atoms with Crippen LogP contribution in [0.15, 0.2) is 0 Å². The van der Waals surface area contributed by atoms with Crippen LogP contribution in [-0.2, 0) is 4.74 Å². The molecule has 1 aliphatic heterocycles. The quantitative estimate of drug-likeness (QED) is 0.372. The first-order chi connectivity index (χ1) is 4.72. The summed E-state index contributed by atoms with van der Waals surface area (Å²) >= 11 is 2.48. The van der Waals surface area contributed by atoms with E-state index in [9.17, 15) is 0 Å². The van der Waals surface area contributed by atoms with Crippen LogP contribution < -0.4 is 0 Å². The lowest BCUT2D eigenvalue weighted by atomic mass is 10.4. The number of rotatable bonds is 0. The zero-order chi connectivity index (χ0) is 7.98. The minimum atomic E-state index is 0.817. The molecule has 0 bridgehead atoms. The molecular weight excluding hydrogens is 241 g/mol. The van der Waals surface area contributed by atoms with Crippen LogP contribution in [0.4, 0.5) is 0 Å². The lowest BCUT2D eigenvalue weighted by Gasteiger charge is -2.10. The Kier molecular flexibility index (Phi) is 6.78. The standard InChI is InChI=1S/C5H10IN.C2H6O/c1-7-4-2-3-5(7)6;1-3-2/h5H,2-4H2,1H3;1-2H3. The highest BCUT2D eigenvalue weighted by atomic mass is 127. The minimum Gasteiger partial charge on any atom is -0.388 e. The highest BCUT2D eigenvalue weighted by molar-refractivity contribution is 14.1. The first kappa shape index (κ1) is 10.7. The Morgan fingerprint density at radius 2 is 2.00 bits per heavy atom. The molecule has 0 radical (unpaired) electrons. The van der Waals surface area contributed by atoms with Gasteiger partial charge in [0.05, 0.1) is 4.05 Å². The van der Waals surface area contributed by atoms with Gasteiger partial charge < -0.3 is 4.74 Å². The van der Waals surface area contributed by atoms with Crippen molar-refractivity contribution in [3.8, 4) is 0 Å². The first-order valence-corrected chi connectivity index (χ1v) is 4.71. The van der Waals surface area contributed by atoms with E-state index in [1.807, 2.05) is 0 Å². The average Bonchev–Trinajstić information content (AvgIpc) is 2.19. The number of nitrogens with zero attached hydrogens (tertiary/aromatic N) is 1. The molecule has 62 valence electrons. The van der Waals surface area contributed by atoms with Crippen molar-refractivity contribution in [1.82, 2.24) is 4.90 Å². The maximum absolute atomic E-state index is 4.25. The zero-order valence-corrected chi connectivity index (χ0v) is 9.09. The molecule has 0 aliphatic carbocycles. The molecule has 0 aromatic heterocycles. The predicted molar refractivity (Wildman–Crippen MR) is 52.6 cm³/mol. The van der Waals surface area contributed by atoms with Gasteiger partial charge in [-0.1, -0.05) is 22.6 Å². The van der Waals surface area contributed by atoms with Gasteiger partial charge in [0.1, 0.15) is 0 Å². The minimum absolute atomic E-state index is 0.817. The predicted octanol–water partition coefficient (Wildman–Crippen LogP) is 1.74. The van der Waals surface area contributed by atoms with Crippen LogP contribution in [0.25, 0.3) is 0 Å². The van der Waals surface area contributed by atoms with E-state index in [1.54, 1.807) is 14.2 Å². The van der Waals surface area contributed by atoms with Crippen molar-refractivity contribution in [3.05, 3.63) is 0 Å². The van der Waals surface area contributed by atoms with Crippen molar-refractivity contribution in [1.29, 1.82) is 0 Å². The largest absolute Gasteiger partial charge is 0.388 e.